The standard InChI is InChI=1S/C19H30N4O/c20-19(22-13-18-9-5-11-24-18)21-12-17-8-4-10-23(15-17)14-16-6-2-1-3-7-16/h1-3,6-7,17-18H,4-5,8-15H2,(H3,20,21,22)/t17-,18+/m0/s1. The number of benzene rings is 1. The van der Waals surface area contributed by atoms with Crippen LogP contribution in [0.3, 0.4) is 0 Å². The van der Waals surface area contributed by atoms with E-state index in [9.17, 15) is 0 Å². The second kappa shape index (κ2) is 9.04. The summed E-state index contributed by atoms with van der Waals surface area (Å²) in [5, 5.41) is 3.20. The summed E-state index contributed by atoms with van der Waals surface area (Å²) in [6.07, 6.45) is 5.07. The largest absolute Gasteiger partial charge is 0.376 e. The van der Waals surface area contributed by atoms with Crippen molar-refractivity contribution < 1.29 is 4.74 Å². The highest BCUT2D eigenvalue weighted by Crippen LogP contribution is 2.19. The Kier molecular flexibility index (Phi) is 6.49. The fourth-order valence-electron chi connectivity index (χ4n) is 3.59. The zero-order valence-corrected chi connectivity index (χ0v) is 14.5. The molecule has 5 nitrogen and oxygen atoms in total. The number of piperidine rings is 1. The van der Waals surface area contributed by atoms with Gasteiger partial charge < -0.3 is 15.8 Å². The molecule has 1 aromatic rings. The van der Waals surface area contributed by atoms with Gasteiger partial charge in [-0.15, -0.1) is 0 Å². The van der Waals surface area contributed by atoms with Crippen LogP contribution in [0, 0.1) is 5.92 Å². The van der Waals surface area contributed by atoms with Gasteiger partial charge in [0, 0.05) is 32.8 Å². The third-order valence-electron chi connectivity index (χ3n) is 4.91. The third-order valence-corrected chi connectivity index (χ3v) is 4.91. The first-order valence-corrected chi connectivity index (χ1v) is 9.21. The van der Waals surface area contributed by atoms with Gasteiger partial charge in [-0.05, 0) is 43.7 Å². The molecule has 2 aliphatic rings. The van der Waals surface area contributed by atoms with Crippen molar-refractivity contribution in [2.75, 3.05) is 32.8 Å². The first-order chi connectivity index (χ1) is 11.8. The lowest BCUT2D eigenvalue weighted by Gasteiger charge is -2.32. The zero-order valence-electron chi connectivity index (χ0n) is 14.5. The van der Waals surface area contributed by atoms with Crippen LogP contribution >= 0.6 is 0 Å². The fraction of sp³-hybridized carbons (Fsp3) is 0.632. The van der Waals surface area contributed by atoms with Gasteiger partial charge in [-0.25, -0.2) is 0 Å². The van der Waals surface area contributed by atoms with Crippen molar-refractivity contribution in [1.29, 1.82) is 0 Å². The average Bonchev–Trinajstić information content (AvgIpc) is 3.13. The summed E-state index contributed by atoms with van der Waals surface area (Å²) >= 11 is 0. The Morgan fingerprint density at radius 2 is 2.12 bits per heavy atom. The highest BCUT2D eigenvalue weighted by Gasteiger charge is 2.20. The average molecular weight is 330 g/mol. The summed E-state index contributed by atoms with van der Waals surface area (Å²) in [4.78, 5) is 7.09. The van der Waals surface area contributed by atoms with Crippen LogP contribution in [-0.2, 0) is 11.3 Å². The second-order valence-corrected chi connectivity index (χ2v) is 6.97. The lowest BCUT2D eigenvalue weighted by molar-refractivity contribution is 0.114. The molecule has 2 saturated heterocycles. The van der Waals surface area contributed by atoms with Gasteiger partial charge >= 0.3 is 0 Å². The molecule has 2 aliphatic heterocycles. The maximum absolute atomic E-state index is 6.00. The van der Waals surface area contributed by atoms with E-state index in [-0.39, 0.29) is 0 Å². The molecule has 0 unspecified atom stereocenters. The molecule has 0 radical (unpaired) electrons. The predicted molar refractivity (Wildman–Crippen MR) is 97.9 cm³/mol. The topological polar surface area (TPSA) is 62.9 Å². The van der Waals surface area contributed by atoms with Gasteiger partial charge in [0.15, 0.2) is 5.96 Å². The molecule has 2 atom stereocenters. The van der Waals surface area contributed by atoms with E-state index in [0.29, 0.717) is 18.0 Å². The predicted octanol–water partition coefficient (Wildman–Crippen LogP) is 1.98. The summed E-state index contributed by atoms with van der Waals surface area (Å²) in [5.41, 5.74) is 7.39. The number of ether oxygens (including phenoxy) is 1. The molecule has 132 valence electrons. The van der Waals surface area contributed by atoms with Crippen molar-refractivity contribution >= 4 is 5.96 Å². The molecule has 0 amide bonds. The number of nitrogens with zero attached hydrogens (tertiary/aromatic N) is 2. The molecule has 0 bridgehead atoms. The lowest BCUT2D eigenvalue weighted by atomic mass is 9.98. The maximum Gasteiger partial charge on any atom is 0.188 e. The highest BCUT2D eigenvalue weighted by atomic mass is 16.5. The number of likely N-dealkylation sites (tertiary alicyclic amines) is 1. The summed E-state index contributed by atoms with van der Waals surface area (Å²) in [6.45, 7) is 5.80. The van der Waals surface area contributed by atoms with Gasteiger partial charge in [0.2, 0.25) is 0 Å². The molecule has 0 saturated carbocycles. The van der Waals surface area contributed by atoms with E-state index in [2.05, 4.69) is 45.5 Å². The monoisotopic (exact) mass is 330 g/mol. The Labute approximate surface area is 145 Å². The molecule has 1 aromatic carbocycles. The minimum Gasteiger partial charge on any atom is -0.376 e. The Hall–Kier alpha value is -1.59. The minimum atomic E-state index is 0.301. The molecule has 3 N–H and O–H groups in total. The number of hydrogen-bond donors (Lipinski definition) is 2. The van der Waals surface area contributed by atoms with Crippen molar-refractivity contribution in [1.82, 2.24) is 10.2 Å². The Bertz CT molecular complexity index is 513. The van der Waals surface area contributed by atoms with Crippen LogP contribution < -0.4 is 11.1 Å². The van der Waals surface area contributed by atoms with Crippen molar-refractivity contribution in [3.63, 3.8) is 0 Å². The van der Waals surface area contributed by atoms with Crippen LogP contribution in [0.2, 0.25) is 0 Å². The smallest absolute Gasteiger partial charge is 0.188 e. The van der Waals surface area contributed by atoms with Crippen LogP contribution in [0.25, 0.3) is 0 Å². The van der Waals surface area contributed by atoms with E-state index < -0.39 is 0 Å². The summed E-state index contributed by atoms with van der Waals surface area (Å²) in [5.74, 6) is 1.16. The maximum atomic E-state index is 6.00. The number of hydrogen-bond acceptors (Lipinski definition) is 3. The second-order valence-electron chi connectivity index (χ2n) is 6.97. The summed E-state index contributed by atoms with van der Waals surface area (Å²) in [7, 11) is 0. The van der Waals surface area contributed by atoms with E-state index in [0.717, 1.165) is 45.6 Å². The van der Waals surface area contributed by atoms with Crippen LogP contribution in [0.4, 0.5) is 0 Å². The quantitative estimate of drug-likeness (QED) is 0.618. The molecule has 3 rings (SSSR count). The zero-order chi connectivity index (χ0) is 16.6. The number of aliphatic imine (C=N–C) groups is 1. The van der Waals surface area contributed by atoms with Gasteiger partial charge in [-0.1, -0.05) is 30.3 Å². The van der Waals surface area contributed by atoms with Crippen molar-refractivity contribution in [3.8, 4) is 0 Å². The number of rotatable bonds is 6. The fourth-order valence-corrected chi connectivity index (χ4v) is 3.59. The number of guanidine groups is 1. The molecule has 24 heavy (non-hydrogen) atoms. The number of nitrogens with two attached hydrogens (primary N) is 1. The SMILES string of the molecule is NC(=NC[C@@H]1CCCN(Cc2ccccc2)C1)NC[C@H]1CCCO1. The Balaban J connectivity index is 1.40. The lowest BCUT2D eigenvalue weighted by Crippen LogP contribution is -2.39. The summed E-state index contributed by atoms with van der Waals surface area (Å²) in [6, 6.07) is 10.7. The highest BCUT2D eigenvalue weighted by molar-refractivity contribution is 5.77. The van der Waals surface area contributed by atoms with Crippen LogP contribution in [0.15, 0.2) is 35.3 Å². The van der Waals surface area contributed by atoms with Crippen molar-refractivity contribution in [3.05, 3.63) is 35.9 Å². The molecule has 0 aliphatic carbocycles. The van der Waals surface area contributed by atoms with Gasteiger partial charge in [0.05, 0.1) is 6.10 Å². The molecule has 2 fully saturated rings. The van der Waals surface area contributed by atoms with E-state index in [1.807, 2.05) is 0 Å². The van der Waals surface area contributed by atoms with Gasteiger partial charge in [-0.3, -0.25) is 9.89 Å². The molecular weight excluding hydrogens is 300 g/mol. The van der Waals surface area contributed by atoms with E-state index in [4.69, 9.17) is 10.5 Å². The third kappa shape index (κ3) is 5.49. The van der Waals surface area contributed by atoms with E-state index >= 15 is 0 Å². The van der Waals surface area contributed by atoms with Crippen molar-refractivity contribution in [2.45, 2.75) is 38.3 Å². The van der Waals surface area contributed by atoms with E-state index in [1.165, 1.54) is 24.9 Å². The molecular formula is C19H30N4O. The molecule has 0 aromatic heterocycles. The minimum absolute atomic E-state index is 0.301. The molecule has 0 spiro atoms. The van der Waals surface area contributed by atoms with Crippen LogP contribution in [-0.4, -0.2) is 49.7 Å². The molecule has 5 heteroatoms. The van der Waals surface area contributed by atoms with E-state index in [1.54, 1.807) is 0 Å². The Morgan fingerprint density at radius 1 is 1.25 bits per heavy atom. The molecule has 2 heterocycles. The van der Waals surface area contributed by atoms with Crippen molar-refractivity contribution in [2.24, 2.45) is 16.6 Å². The van der Waals surface area contributed by atoms with Gasteiger partial charge in [-0.2, -0.15) is 0 Å². The summed E-state index contributed by atoms with van der Waals surface area (Å²) < 4.78 is 5.59. The Morgan fingerprint density at radius 3 is 2.92 bits per heavy atom. The first-order valence-electron chi connectivity index (χ1n) is 9.21. The van der Waals surface area contributed by atoms with Crippen LogP contribution in [0.1, 0.15) is 31.2 Å². The number of nitrogens with one attached hydrogen (secondary N) is 1. The van der Waals surface area contributed by atoms with Gasteiger partial charge in [0.25, 0.3) is 0 Å². The van der Waals surface area contributed by atoms with Crippen LogP contribution in [0.5, 0.6) is 0 Å². The normalized spacial score (nSPS) is 25.8. The first kappa shape index (κ1) is 17.2. The van der Waals surface area contributed by atoms with Gasteiger partial charge in [0.1, 0.15) is 0 Å².